The van der Waals surface area contributed by atoms with Crippen LogP contribution in [0.4, 0.5) is 5.69 Å². The molecule has 1 fully saturated rings. The molecule has 1 aromatic carbocycles. The van der Waals surface area contributed by atoms with E-state index in [0.29, 0.717) is 6.04 Å². The predicted octanol–water partition coefficient (Wildman–Crippen LogP) is 2.23. The monoisotopic (exact) mass is 268 g/mol. The van der Waals surface area contributed by atoms with Crippen LogP contribution in [0.3, 0.4) is 0 Å². The highest BCUT2D eigenvalue weighted by atomic mass is 35.5. The van der Waals surface area contributed by atoms with Gasteiger partial charge in [0.1, 0.15) is 0 Å². The summed E-state index contributed by atoms with van der Waals surface area (Å²) >= 11 is 6.07. The van der Waals surface area contributed by atoms with Gasteiger partial charge in [-0.1, -0.05) is 17.7 Å². The highest BCUT2D eigenvalue weighted by Crippen LogP contribution is 2.26. The molecule has 0 aliphatic carbocycles. The first-order valence-electron chi connectivity index (χ1n) is 6.45. The molecule has 1 aliphatic heterocycles. The molecule has 2 atom stereocenters. The van der Waals surface area contributed by atoms with E-state index in [1.165, 1.54) is 0 Å². The molecule has 0 aromatic heterocycles. The number of rotatable bonds is 2. The first-order chi connectivity index (χ1) is 8.61. The number of aliphatic hydroxyl groups is 1. The summed E-state index contributed by atoms with van der Waals surface area (Å²) in [4.78, 5) is 4.58. The smallest absolute Gasteiger partial charge is 0.0650 e. The second-order valence-corrected chi connectivity index (χ2v) is 5.56. The molecule has 1 saturated heterocycles. The van der Waals surface area contributed by atoms with Gasteiger partial charge < -0.3 is 14.9 Å². The molecular formula is C14H21ClN2O. The lowest BCUT2D eigenvalue weighted by atomic mass is 10.1. The number of nitrogens with zero attached hydrogens (tertiary/aromatic N) is 2. The number of hydrogen-bond donors (Lipinski definition) is 1. The van der Waals surface area contributed by atoms with E-state index in [1.54, 1.807) is 0 Å². The fourth-order valence-electron chi connectivity index (χ4n) is 2.69. The van der Waals surface area contributed by atoms with Crippen molar-refractivity contribution >= 4 is 17.3 Å². The molecule has 1 N–H and O–H groups in total. The summed E-state index contributed by atoms with van der Waals surface area (Å²) in [5.74, 6) is 0. The Hall–Kier alpha value is -0.770. The molecule has 2 rings (SSSR count). The molecule has 1 heterocycles. The standard InChI is InChI=1S/C14H21ClN2O/c1-11-6-7-16(2)9-14(10-18)17(11)13-5-3-4-12(15)8-13/h3-5,8,11,14,18H,6-7,9-10H2,1-2H3. The van der Waals surface area contributed by atoms with Gasteiger partial charge in [-0.3, -0.25) is 0 Å². The van der Waals surface area contributed by atoms with E-state index in [2.05, 4.69) is 29.8 Å². The van der Waals surface area contributed by atoms with Crippen molar-refractivity contribution in [3.05, 3.63) is 29.3 Å². The number of aliphatic hydroxyl groups excluding tert-OH is 1. The maximum atomic E-state index is 9.65. The fraction of sp³-hybridized carbons (Fsp3) is 0.571. The molecule has 0 bridgehead atoms. The lowest BCUT2D eigenvalue weighted by Crippen LogP contribution is -2.46. The summed E-state index contributed by atoms with van der Waals surface area (Å²) in [6.07, 6.45) is 1.10. The molecule has 2 unspecified atom stereocenters. The zero-order valence-corrected chi connectivity index (χ0v) is 11.8. The van der Waals surface area contributed by atoms with Crippen LogP contribution in [0.1, 0.15) is 13.3 Å². The maximum absolute atomic E-state index is 9.65. The van der Waals surface area contributed by atoms with E-state index >= 15 is 0 Å². The maximum Gasteiger partial charge on any atom is 0.0650 e. The minimum Gasteiger partial charge on any atom is -0.394 e. The van der Waals surface area contributed by atoms with Crippen molar-refractivity contribution in [3.63, 3.8) is 0 Å². The van der Waals surface area contributed by atoms with Gasteiger partial charge in [0.2, 0.25) is 0 Å². The van der Waals surface area contributed by atoms with Gasteiger partial charge in [0.25, 0.3) is 0 Å². The Morgan fingerprint density at radius 3 is 2.89 bits per heavy atom. The van der Waals surface area contributed by atoms with Crippen LogP contribution < -0.4 is 4.90 Å². The fourth-order valence-corrected chi connectivity index (χ4v) is 2.88. The predicted molar refractivity (Wildman–Crippen MR) is 76.4 cm³/mol. The van der Waals surface area contributed by atoms with Crippen LogP contribution in [0.2, 0.25) is 5.02 Å². The normalized spacial score (nSPS) is 26.1. The van der Waals surface area contributed by atoms with Gasteiger partial charge in [-0.15, -0.1) is 0 Å². The van der Waals surface area contributed by atoms with Gasteiger partial charge in [0.15, 0.2) is 0 Å². The first kappa shape index (κ1) is 13.7. The molecular weight excluding hydrogens is 248 g/mol. The van der Waals surface area contributed by atoms with Gasteiger partial charge in [-0.2, -0.15) is 0 Å². The molecule has 0 radical (unpaired) electrons. The second kappa shape index (κ2) is 5.91. The van der Waals surface area contributed by atoms with Gasteiger partial charge in [-0.05, 0) is 45.1 Å². The Morgan fingerprint density at radius 1 is 1.44 bits per heavy atom. The van der Waals surface area contributed by atoms with Crippen LogP contribution in [-0.4, -0.2) is 48.8 Å². The molecule has 0 amide bonds. The summed E-state index contributed by atoms with van der Waals surface area (Å²) in [5, 5.41) is 10.4. The lowest BCUT2D eigenvalue weighted by Gasteiger charge is -2.36. The van der Waals surface area contributed by atoms with Gasteiger partial charge in [0.05, 0.1) is 12.6 Å². The van der Waals surface area contributed by atoms with E-state index in [1.807, 2.05) is 18.2 Å². The zero-order chi connectivity index (χ0) is 13.1. The van der Waals surface area contributed by atoms with Gasteiger partial charge in [-0.25, -0.2) is 0 Å². The SMILES string of the molecule is CC1CCN(C)CC(CO)N1c1cccc(Cl)c1. The topological polar surface area (TPSA) is 26.7 Å². The summed E-state index contributed by atoms with van der Waals surface area (Å²) < 4.78 is 0. The van der Waals surface area contributed by atoms with Crippen molar-refractivity contribution in [2.75, 3.05) is 31.6 Å². The molecule has 0 spiro atoms. The van der Waals surface area contributed by atoms with E-state index < -0.39 is 0 Å². The third-order valence-electron chi connectivity index (χ3n) is 3.64. The van der Waals surface area contributed by atoms with Crippen LogP contribution in [0.25, 0.3) is 0 Å². The summed E-state index contributed by atoms with van der Waals surface area (Å²) in [7, 11) is 2.11. The molecule has 100 valence electrons. The Kier molecular flexibility index (Phi) is 4.49. The Labute approximate surface area is 114 Å². The largest absolute Gasteiger partial charge is 0.394 e. The molecule has 4 heteroatoms. The van der Waals surface area contributed by atoms with Crippen molar-refractivity contribution in [2.45, 2.75) is 25.4 Å². The summed E-state index contributed by atoms with van der Waals surface area (Å²) in [5.41, 5.74) is 1.10. The number of anilines is 1. The van der Waals surface area contributed by atoms with E-state index in [-0.39, 0.29) is 12.6 Å². The highest BCUT2D eigenvalue weighted by molar-refractivity contribution is 6.30. The van der Waals surface area contributed by atoms with Crippen LogP contribution in [0, 0.1) is 0 Å². The Balaban J connectivity index is 2.31. The number of halogens is 1. The number of likely N-dealkylation sites (N-methyl/N-ethyl adjacent to an activating group) is 1. The van der Waals surface area contributed by atoms with Gasteiger partial charge in [0, 0.05) is 23.3 Å². The average molecular weight is 269 g/mol. The molecule has 0 saturated carbocycles. The molecule has 3 nitrogen and oxygen atoms in total. The van der Waals surface area contributed by atoms with E-state index in [9.17, 15) is 5.11 Å². The average Bonchev–Trinajstić information content (AvgIpc) is 2.49. The quantitative estimate of drug-likeness (QED) is 0.891. The third kappa shape index (κ3) is 2.97. The summed E-state index contributed by atoms with van der Waals surface area (Å²) in [6.45, 7) is 4.33. The van der Waals surface area contributed by atoms with Crippen LogP contribution >= 0.6 is 11.6 Å². The lowest BCUT2D eigenvalue weighted by molar-refractivity contribution is 0.228. The first-order valence-corrected chi connectivity index (χ1v) is 6.83. The van der Waals surface area contributed by atoms with Crippen LogP contribution in [0.15, 0.2) is 24.3 Å². The number of benzene rings is 1. The van der Waals surface area contributed by atoms with E-state index in [4.69, 9.17) is 11.6 Å². The second-order valence-electron chi connectivity index (χ2n) is 5.12. The van der Waals surface area contributed by atoms with Crippen molar-refractivity contribution in [2.24, 2.45) is 0 Å². The molecule has 18 heavy (non-hydrogen) atoms. The van der Waals surface area contributed by atoms with Gasteiger partial charge >= 0.3 is 0 Å². The number of hydrogen-bond acceptors (Lipinski definition) is 3. The Bertz CT molecular complexity index is 399. The third-order valence-corrected chi connectivity index (χ3v) is 3.87. The van der Waals surface area contributed by atoms with Crippen molar-refractivity contribution in [1.29, 1.82) is 0 Å². The zero-order valence-electron chi connectivity index (χ0n) is 11.0. The van der Waals surface area contributed by atoms with Crippen molar-refractivity contribution in [1.82, 2.24) is 4.90 Å². The highest BCUT2D eigenvalue weighted by Gasteiger charge is 2.27. The van der Waals surface area contributed by atoms with Crippen molar-refractivity contribution in [3.8, 4) is 0 Å². The van der Waals surface area contributed by atoms with Crippen LogP contribution in [0.5, 0.6) is 0 Å². The van der Waals surface area contributed by atoms with Crippen molar-refractivity contribution < 1.29 is 5.11 Å². The summed E-state index contributed by atoms with van der Waals surface area (Å²) in [6, 6.07) is 8.43. The molecule has 1 aromatic rings. The van der Waals surface area contributed by atoms with Crippen LogP contribution in [-0.2, 0) is 0 Å². The minimum atomic E-state index is 0.131. The Morgan fingerprint density at radius 2 is 2.22 bits per heavy atom. The van der Waals surface area contributed by atoms with E-state index in [0.717, 1.165) is 30.2 Å². The minimum absolute atomic E-state index is 0.131. The molecule has 1 aliphatic rings.